The van der Waals surface area contributed by atoms with E-state index in [9.17, 15) is 9.90 Å². The summed E-state index contributed by atoms with van der Waals surface area (Å²) in [6.45, 7) is 0. The molecule has 1 amide bonds. The van der Waals surface area contributed by atoms with E-state index in [1.54, 1.807) is 0 Å². The maximum Gasteiger partial charge on any atom is 1.00 e. The molecule has 1 N–H and O–H groups in total. The summed E-state index contributed by atoms with van der Waals surface area (Å²) in [5.74, 6) is -0.844. The molecular weight excluding hydrogens is 163 g/mol. The van der Waals surface area contributed by atoms with Gasteiger partial charge >= 0.3 is 29.6 Å². The topological polar surface area (TPSA) is 64.5 Å². The first-order chi connectivity index (χ1) is 4.18. The van der Waals surface area contributed by atoms with Gasteiger partial charge in [-0.2, -0.15) is 0 Å². The first-order valence-electron chi connectivity index (χ1n) is 2.27. The molecule has 0 saturated carbocycles. The molecule has 48 valence electrons. The Morgan fingerprint density at radius 3 is 2.70 bits per heavy atom. The predicted molar refractivity (Wildman–Crippen MR) is 32.8 cm³/mol. The van der Waals surface area contributed by atoms with E-state index in [0.29, 0.717) is 0 Å². The molecule has 0 aliphatic carbocycles. The normalized spacial score (nSPS) is 17.0. The Labute approximate surface area is 85.0 Å². The Bertz CT molecular complexity index is 203. The molecule has 0 atom stereocenters. The molecule has 1 aliphatic rings. The molecule has 0 aromatic carbocycles. The van der Waals surface area contributed by atoms with E-state index in [2.05, 4.69) is 22.5 Å². The number of hydrogen-bond acceptors (Lipinski definition) is 3. The van der Waals surface area contributed by atoms with Gasteiger partial charge < -0.3 is 10.4 Å². The summed E-state index contributed by atoms with van der Waals surface area (Å²) in [5.41, 5.74) is 0. The summed E-state index contributed by atoms with van der Waals surface area (Å²) in [6, 6.07) is 0. The standard InChI is InChI=1S/C4H4N2O2S.Na/c7-2-1-3(8)6-4(9)5-2;/h1H2,(H2,5,6,7,8,9);/q;+1/p-1. The molecule has 10 heavy (non-hydrogen) atoms. The quantitative estimate of drug-likeness (QED) is 0.291. The summed E-state index contributed by atoms with van der Waals surface area (Å²) in [4.78, 5) is 13.7. The predicted octanol–water partition coefficient (Wildman–Crippen LogP) is -4.45. The van der Waals surface area contributed by atoms with Crippen LogP contribution >= 0.6 is 12.2 Å². The Balaban J connectivity index is 0.000000810. The summed E-state index contributed by atoms with van der Waals surface area (Å²) < 4.78 is 0. The fraction of sp³-hybridized carbons (Fsp3) is 0.250. The second kappa shape index (κ2) is 4.02. The van der Waals surface area contributed by atoms with Gasteiger partial charge in [0, 0.05) is 0 Å². The first kappa shape index (κ1) is 10.0. The molecule has 0 radical (unpaired) electrons. The minimum absolute atomic E-state index is 0. The second-order valence-corrected chi connectivity index (χ2v) is 1.92. The summed E-state index contributed by atoms with van der Waals surface area (Å²) >= 11 is 4.44. The average molecular weight is 166 g/mol. The molecule has 0 saturated heterocycles. The number of nitrogens with one attached hydrogen (secondary N) is 1. The average Bonchev–Trinajstić information content (AvgIpc) is 1.59. The number of thiocarbonyl (C=S) groups is 1. The largest absolute Gasteiger partial charge is 1.00 e. The second-order valence-electron chi connectivity index (χ2n) is 1.54. The van der Waals surface area contributed by atoms with E-state index in [0.717, 1.165) is 0 Å². The number of aliphatic imine (C=N–C) groups is 1. The van der Waals surface area contributed by atoms with Crippen molar-refractivity contribution in [2.45, 2.75) is 6.42 Å². The summed E-state index contributed by atoms with van der Waals surface area (Å²) in [5, 5.41) is 12.6. The Morgan fingerprint density at radius 2 is 2.30 bits per heavy atom. The van der Waals surface area contributed by atoms with Gasteiger partial charge in [-0.25, -0.2) is 4.99 Å². The van der Waals surface area contributed by atoms with Gasteiger partial charge in [0.25, 0.3) is 0 Å². The zero-order valence-electron chi connectivity index (χ0n) is 5.38. The molecule has 1 aliphatic heterocycles. The van der Waals surface area contributed by atoms with Crippen molar-refractivity contribution in [2.75, 3.05) is 0 Å². The van der Waals surface area contributed by atoms with Crippen molar-refractivity contribution in [3.05, 3.63) is 0 Å². The molecule has 0 spiro atoms. The zero-order valence-corrected chi connectivity index (χ0v) is 8.20. The maximum atomic E-state index is 10.4. The molecule has 1 heterocycles. The zero-order chi connectivity index (χ0) is 6.85. The summed E-state index contributed by atoms with van der Waals surface area (Å²) in [7, 11) is 0. The van der Waals surface area contributed by atoms with Gasteiger partial charge in [0.2, 0.25) is 5.91 Å². The molecule has 0 unspecified atom stereocenters. The van der Waals surface area contributed by atoms with Crippen LogP contribution in [-0.4, -0.2) is 16.9 Å². The van der Waals surface area contributed by atoms with Crippen molar-refractivity contribution in [2.24, 2.45) is 4.99 Å². The van der Waals surface area contributed by atoms with Gasteiger partial charge in [-0.3, -0.25) is 4.79 Å². The van der Waals surface area contributed by atoms with Gasteiger partial charge in [-0.15, -0.1) is 0 Å². The fourth-order valence-electron chi connectivity index (χ4n) is 0.482. The van der Waals surface area contributed by atoms with Gasteiger partial charge in [-0.1, -0.05) is 0 Å². The van der Waals surface area contributed by atoms with Crippen molar-refractivity contribution in [3.63, 3.8) is 0 Å². The van der Waals surface area contributed by atoms with Crippen molar-refractivity contribution in [3.8, 4) is 0 Å². The van der Waals surface area contributed by atoms with Crippen LogP contribution in [0.5, 0.6) is 0 Å². The molecular formula is C4H3N2NaO2S. The van der Waals surface area contributed by atoms with Crippen LogP contribution in [0.3, 0.4) is 0 Å². The fourth-order valence-corrected chi connectivity index (χ4v) is 0.697. The minimum Gasteiger partial charge on any atom is -0.861 e. The molecule has 1 rings (SSSR count). The van der Waals surface area contributed by atoms with Crippen molar-refractivity contribution >= 4 is 29.1 Å². The van der Waals surface area contributed by atoms with Crippen molar-refractivity contribution < 1.29 is 39.5 Å². The monoisotopic (exact) mass is 166 g/mol. The van der Waals surface area contributed by atoms with Gasteiger partial charge in [0.15, 0.2) is 5.11 Å². The van der Waals surface area contributed by atoms with Crippen LogP contribution in [0.25, 0.3) is 0 Å². The van der Waals surface area contributed by atoms with Crippen molar-refractivity contribution in [1.82, 2.24) is 5.32 Å². The van der Waals surface area contributed by atoms with Gasteiger partial charge in [0.1, 0.15) is 0 Å². The van der Waals surface area contributed by atoms with E-state index in [-0.39, 0.29) is 47.0 Å². The van der Waals surface area contributed by atoms with E-state index >= 15 is 0 Å². The van der Waals surface area contributed by atoms with Crippen molar-refractivity contribution in [1.29, 1.82) is 0 Å². The number of carbonyl (C=O) groups is 1. The van der Waals surface area contributed by atoms with Crippen LogP contribution < -0.4 is 40.0 Å². The number of nitrogens with zero attached hydrogens (tertiary/aromatic N) is 1. The van der Waals surface area contributed by atoms with Crippen LogP contribution in [0, 0.1) is 0 Å². The SMILES string of the molecule is O=C1CC([O-])=NC(=S)N1.[Na+]. The van der Waals surface area contributed by atoms with E-state index in [1.165, 1.54) is 0 Å². The Kier molecular flexibility index (Phi) is 4.04. The van der Waals surface area contributed by atoms with Gasteiger partial charge in [-0.05, 0) is 18.1 Å². The number of carbonyl (C=O) groups excluding carboxylic acids is 1. The first-order valence-corrected chi connectivity index (χ1v) is 2.67. The van der Waals surface area contributed by atoms with Crippen LogP contribution in [-0.2, 0) is 4.79 Å². The van der Waals surface area contributed by atoms with Crippen LogP contribution in [0.2, 0.25) is 0 Å². The molecule has 4 nitrogen and oxygen atoms in total. The van der Waals surface area contributed by atoms with E-state index in [1.807, 2.05) is 0 Å². The number of amides is 1. The number of rotatable bonds is 0. The smallest absolute Gasteiger partial charge is 0.861 e. The van der Waals surface area contributed by atoms with Gasteiger partial charge in [0.05, 0.1) is 6.42 Å². The third kappa shape index (κ3) is 2.74. The van der Waals surface area contributed by atoms with Crippen LogP contribution in [0.15, 0.2) is 4.99 Å². The third-order valence-electron chi connectivity index (χ3n) is 0.784. The Hall–Kier alpha value is 0.0300. The summed E-state index contributed by atoms with van der Waals surface area (Å²) in [6.07, 6.45) is -0.180. The molecule has 0 aromatic heterocycles. The van der Waals surface area contributed by atoms with Crippen LogP contribution in [0.4, 0.5) is 0 Å². The molecule has 0 aromatic rings. The van der Waals surface area contributed by atoms with E-state index < -0.39 is 5.90 Å². The van der Waals surface area contributed by atoms with Crippen LogP contribution in [0.1, 0.15) is 6.42 Å². The minimum atomic E-state index is -0.469. The number of hydrogen-bond donors (Lipinski definition) is 1. The third-order valence-corrected chi connectivity index (χ3v) is 0.978. The molecule has 0 fully saturated rings. The molecule has 6 heteroatoms. The van der Waals surface area contributed by atoms with E-state index in [4.69, 9.17) is 0 Å². The maximum absolute atomic E-state index is 10.4. The Morgan fingerprint density at radius 1 is 1.70 bits per heavy atom. The molecule has 0 bridgehead atoms.